The Kier molecular flexibility index (Phi) is 4.08. The van der Waals surface area contributed by atoms with Gasteiger partial charge in [-0.1, -0.05) is 19.4 Å². The van der Waals surface area contributed by atoms with Crippen molar-refractivity contribution in [3.8, 4) is 0 Å². The standard InChI is InChI=1S/C15H18N4S/c1-2-5-13(12-7-9-20-11-12)16-10-15-18-17-14-6-3-4-8-19(14)15/h3-4,6-9,11,13,16H,2,5,10H2,1H3. The molecule has 1 N–H and O–H groups in total. The molecule has 1 atom stereocenters. The molecule has 0 amide bonds. The Morgan fingerprint density at radius 2 is 2.25 bits per heavy atom. The van der Waals surface area contributed by atoms with Crippen molar-refractivity contribution in [2.75, 3.05) is 0 Å². The summed E-state index contributed by atoms with van der Waals surface area (Å²) < 4.78 is 2.03. The third kappa shape index (κ3) is 2.73. The van der Waals surface area contributed by atoms with E-state index in [9.17, 15) is 0 Å². The number of hydrogen-bond donors (Lipinski definition) is 1. The van der Waals surface area contributed by atoms with Crippen LogP contribution in [-0.4, -0.2) is 14.6 Å². The maximum Gasteiger partial charge on any atom is 0.160 e. The van der Waals surface area contributed by atoms with Gasteiger partial charge >= 0.3 is 0 Å². The summed E-state index contributed by atoms with van der Waals surface area (Å²) in [5, 5.41) is 16.4. The van der Waals surface area contributed by atoms with Crippen LogP contribution in [0.3, 0.4) is 0 Å². The first kappa shape index (κ1) is 13.3. The Balaban J connectivity index is 1.74. The fourth-order valence-corrected chi connectivity index (χ4v) is 3.09. The predicted molar refractivity (Wildman–Crippen MR) is 81.8 cm³/mol. The molecule has 3 heterocycles. The van der Waals surface area contributed by atoms with E-state index < -0.39 is 0 Å². The molecule has 4 nitrogen and oxygen atoms in total. The Morgan fingerprint density at radius 3 is 3.05 bits per heavy atom. The lowest BCUT2D eigenvalue weighted by atomic mass is 10.1. The molecule has 20 heavy (non-hydrogen) atoms. The minimum absolute atomic E-state index is 0.391. The predicted octanol–water partition coefficient (Wildman–Crippen LogP) is 3.42. The van der Waals surface area contributed by atoms with Gasteiger partial charge in [0.15, 0.2) is 11.5 Å². The molecule has 0 saturated heterocycles. The average Bonchev–Trinajstić information content (AvgIpc) is 3.13. The van der Waals surface area contributed by atoms with E-state index in [1.807, 2.05) is 28.8 Å². The number of fused-ring (bicyclic) bond motifs is 1. The molecule has 3 rings (SSSR count). The average molecular weight is 286 g/mol. The van der Waals surface area contributed by atoms with E-state index in [0.717, 1.165) is 30.9 Å². The second-order valence-electron chi connectivity index (χ2n) is 4.82. The second-order valence-corrected chi connectivity index (χ2v) is 5.60. The van der Waals surface area contributed by atoms with Gasteiger partial charge in [-0.3, -0.25) is 4.40 Å². The maximum absolute atomic E-state index is 4.26. The Morgan fingerprint density at radius 1 is 1.30 bits per heavy atom. The van der Waals surface area contributed by atoms with Gasteiger partial charge in [-0.05, 0) is 40.9 Å². The number of rotatable bonds is 6. The number of pyridine rings is 1. The number of nitrogens with one attached hydrogen (secondary N) is 1. The number of hydrogen-bond acceptors (Lipinski definition) is 4. The first-order chi connectivity index (χ1) is 9.88. The summed E-state index contributed by atoms with van der Waals surface area (Å²) in [6, 6.07) is 8.54. The molecule has 3 aromatic rings. The summed E-state index contributed by atoms with van der Waals surface area (Å²) in [6.45, 7) is 2.94. The van der Waals surface area contributed by atoms with E-state index in [-0.39, 0.29) is 0 Å². The lowest BCUT2D eigenvalue weighted by molar-refractivity contribution is 0.485. The van der Waals surface area contributed by atoms with Gasteiger partial charge in [0, 0.05) is 12.2 Å². The minimum atomic E-state index is 0.391. The van der Waals surface area contributed by atoms with Crippen LogP contribution in [0.2, 0.25) is 0 Å². The molecule has 5 heteroatoms. The van der Waals surface area contributed by atoms with Crippen LogP contribution in [0.5, 0.6) is 0 Å². The van der Waals surface area contributed by atoms with Gasteiger partial charge in [-0.25, -0.2) is 0 Å². The molecule has 0 radical (unpaired) electrons. The normalized spacial score (nSPS) is 12.8. The summed E-state index contributed by atoms with van der Waals surface area (Å²) in [5.74, 6) is 0.955. The monoisotopic (exact) mass is 286 g/mol. The molecule has 1 unspecified atom stereocenters. The van der Waals surface area contributed by atoms with Crippen molar-refractivity contribution >= 4 is 17.0 Å². The van der Waals surface area contributed by atoms with E-state index in [2.05, 4.69) is 39.3 Å². The van der Waals surface area contributed by atoms with E-state index in [1.54, 1.807) is 11.3 Å². The summed E-state index contributed by atoms with van der Waals surface area (Å²) >= 11 is 1.75. The van der Waals surface area contributed by atoms with E-state index in [0.29, 0.717) is 6.04 Å². The van der Waals surface area contributed by atoms with Crippen LogP contribution in [-0.2, 0) is 6.54 Å². The molecule has 3 aromatic heterocycles. The Hall–Kier alpha value is -1.72. The second kappa shape index (κ2) is 6.15. The van der Waals surface area contributed by atoms with Crippen molar-refractivity contribution < 1.29 is 0 Å². The van der Waals surface area contributed by atoms with Gasteiger partial charge < -0.3 is 5.32 Å². The first-order valence-corrected chi connectivity index (χ1v) is 7.87. The maximum atomic E-state index is 4.26. The zero-order valence-electron chi connectivity index (χ0n) is 11.5. The van der Waals surface area contributed by atoms with Crippen molar-refractivity contribution in [2.45, 2.75) is 32.4 Å². The van der Waals surface area contributed by atoms with Crippen LogP contribution in [0.1, 0.15) is 37.2 Å². The van der Waals surface area contributed by atoms with E-state index in [1.165, 1.54) is 5.56 Å². The largest absolute Gasteiger partial charge is 0.303 e. The molecule has 0 aliphatic rings. The van der Waals surface area contributed by atoms with Crippen molar-refractivity contribution in [1.29, 1.82) is 0 Å². The summed E-state index contributed by atoms with van der Waals surface area (Å²) in [5.41, 5.74) is 2.26. The molecule has 104 valence electrons. The molecular weight excluding hydrogens is 268 g/mol. The fourth-order valence-electron chi connectivity index (χ4n) is 2.37. The topological polar surface area (TPSA) is 42.2 Å². The quantitative estimate of drug-likeness (QED) is 0.755. The first-order valence-electron chi connectivity index (χ1n) is 6.92. The van der Waals surface area contributed by atoms with E-state index >= 15 is 0 Å². The van der Waals surface area contributed by atoms with Crippen LogP contribution < -0.4 is 5.32 Å². The molecule has 0 aliphatic heterocycles. The molecule has 0 aromatic carbocycles. The van der Waals surface area contributed by atoms with Crippen LogP contribution >= 0.6 is 11.3 Å². The Bertz CT molecular complexity index is 659. The molecule has 0 fully saturated rings. The highest BCUT2D eigenvalue weighted by Gasteiger charge is 2.12. The third-order valence-electron chi connectivity index (χ3n) is 3.41. The lowest BCUT2D eigenvalue weighted by Gasteiger charge is -2.16. The number of thiophene rings is 1. The van der Waals surface area contributed by atoms with E-state index in [4.69, 9.17) is 0 Å². The highest BCUT2D eigenvalue weighted by Crippen LogP contribution is 2.21. The van der Waals surface area contributed by atoms with Gasteiger partial charge in [0.05, 0.1) is 6.54 Å². The highest BCUT2D eigenvalue weighted by molar-refractivity contribution is 7.07. The molecule has 0 bridgehead atoms. The van der Waals surface area contributed by atoms with Crippen molar-refractivity contribution in [2.24, 2.45) is 0 Å². The fraction of sp³-hybridized carbons (Fsp3) is 0.333. The zero-order chi connectivity index (χ0) is 13.8. The number of aromatic nitrogens is 3. The highest BCUT2D eigenvalue weighted by atomic mass is 32.1. The van der Waals surface area contributed by atoms with Gasteiger partial charge in [0.1, 0.15) is 0 Å². The summed E-state index contributed by atoms with van der Waals surface area (Å²) in [4.78, 5) is 0. The minimum Gasteiger partial charge on any atom is -0.303 e. The van der Waals surface area contributed by atoms with Crippen LogP contribution in [0.4, 0.5) is 0 Å². The molecule has 0 aliphatic carbocycles. The summed E-state index contributed by atoms with van der Waals surface area (Å²) in [6.07, 6.45) is 4.30. The summed E-state index contributed by atoms with van der Waals surface area (Å²) in [7, 11) is 0. The van der Waals surface area contributed by atoms with Gasteiger partial charge in [-0.2, -0.15) is 11.3 Å². The van der Waals surface area contributed by atoms with Crippen molar-refractivity contribution in [3.05, 3.63) is 52.6 Å². The number of nitrogens with zero attached hydrogens (tertiary/aromatic N) is 3. The molecule has 0 spiro atoms. The Labute approximate surface area is 122 Å². The third-order valence-corrected chi connectivity index (χ3v) is 4.12. The van der Waals surface area contributed by atoms with Gasteiger partial charge in [0.2, 0.25) is 0 Å². The van der Waals surface area contributed by atoms with Crippen LogP contribution in [0, 0.1) is 0 Å². The molecular formula is C15H18N4S. The smallest absolute Gasteiger partial charge is 0.160 e. The van der Waals surface area contributed by atoms with Crippen LogP contribution in [0.15, 0.2) is 41.2 Å². The SMILES string of the molecule is CCCC(NCc1nnc2ccccn12)c1ccsc1. The van der Waals surface area contributed by atoms with Crippen molar-refractivity contribution in [3.63, 3.8) is 0 Å². The van der Waals surface area contributed by atoms with Gasteiger partial charge in [0.25, 0.3) is 0 Å². The van der Waals surface area contributed by atoms with Crippen LogP contribution in [0.25, 0.3) is 5.65 Å². The van der Waals surface area contributed by atoms with Gasteiger partial charge in [-0.15, -0.1) is 10.2 Å². The lowest BCUT2D eigenvalue weighted by Crippen LogP contribution is -2.21. The zero-order valence-corrected chi connectivity index (χ0v) is 12.3. The van der Waals surface area contributed by atoms with Crippen molar-refractivity contribution in [1.82, 2.24) is 19.9 Å². The molecule has 0 saturated carbocycles.